The van der Waals surface area contributed by atoms with Crippen molar-refractivity contribution < 1.29 is 14.3 Å². The molecule has 2 heterocycles. The summed E-state index contributed by atoms with van der Waals surface area (Å²) >= 11 is 0. The standard InChI is InChI=1S/C16H29NO3/c1-4-15(2)12-16(8-11-20-15)7-5-9-17(13-16)10-6-14(18)19-3/h4-13H2,1-3H3/t15-,16+/m1/s1. The highest BCUT2D eigenvalue weighted by molar-refractivity contribution is 5.69. The first-order valence-corrected chi connectivity index (χ1v) is 7.94. The summed E-state index contributed by atoms with van der Waals surface area (Å²) in [6.45, 7) is 8.41. The molecule has 2 atom stereocenters. The zero-order valence-electron chi connectivity index (χ0n) is 13.2. The van der Waals surface area contributed by atoms with Crippen LogP contribution in [0.25, 0.3) is 0 Å². The minimum absolute atomic E-state index is 0.0452. The average Bonchev–Trinajstić information content (AvgIpc) is 2.45. The molecule has 0 aromatic rings. The number of carbonyl (C=O) groups is 1. The Morgan fingerprint density at radius 2 is 2.20 bits per heavy atom. The van der Waals surface area contributed by atoms with Crippen molar-refractivity contribution >= 4 is 5.97 Å². The molecule has 1 spiro atoms. The lowest BCUT2D eigenvalue weighted by molar-refractivity contribution is -0.143. The number of esters is 1. The molecule has 0 amide bonds. The first-order chi connectivity index (χ1) is 9.51. The fraction of sp³-hybridized carbons (Fsp3) is 0.938. The summed E-state index contributed by atoms with van der Waals surface area (Å²) in [7, 11) is 1.46. The van der Waals surface area contributed by atoms with Crippen LogP contribution < -0.4 is 0 Å². The van der Waals surface area contributed by atoms with Crippen LogP contribution in [0.3, 0.4) is 0 Å². The Morgan fingerprint density at radius 1 is 1.40 bits per heavy atom. The fourth-order valence-electron chi connectivity index (χ4n) is 3.87. The Bertz CT molecular complexity index is 343. The van der Waals surface area contributed by atoms with Crippen molar-refractivity contribution in [1.82, 2.24) is 4.90 Å². The van der Waals surface area contributed by atoms with E-state index >= 15 is 0 Å². The quantitative estimate of drug-likeness (QED) is 0.743. The summed E-state index contributed by atoms with van der Waals surface area (Å²) in [5.41, 5.74) is 0.445. The van der Waals surface area contributed by atoms with E-state index in [1.807, 2.05) is 0 Å². The van der Waals surface area contributed by atoms with Crippen molar-refractivity contribution in [3.8, 4) is 0 Å². The maximum Gasteiger partial charge on any atom is 0.306 e. The Labute approximate surface area is 122 Å². The van der Waals surface area contributed by atoms with E-state index in [0.29, 0.717) is 11.8 Å². The van der Waals surface area contributed by atoms with Gasteiger partial charge in [0.1, 0.15) is 0 Å². The second-order valence-electron chi connectivity index (χ2n) is 6.78. The van der Waals surface area contributed by atoms with E-state index < -0.39 is 0 Å². The number of hydrogen-bond acceptors (Lipinski definition) is 4. The molecule has 116 valence electrons. The summed E-state index contributed by atoms with van der Waals surface area (Å²) in [4.78, 5) is 13.7. The van der Waals surface area contributed by atoms with Crippen LogP contribution >= 0.6 is 0 Å². The van der Waals surface area contributed by atoms with Gasteiger partial charge in [0.25, 0.3) is 0 Å². The van der Waals surface area contributed by atoms with Crippen molar-refractivity contribution in [1.29, 1.82) is 0 Å². The minimum Gasteiger partial charge on any atom is -0.469 e. The highest BCUT2D eigenvalue weighted by atomic mass is 16.5. The number of hydrogen-bond donors (Lipinski definition) is 0. The Kier molecular flexibility index (Phi) is 5.08. The van der Waals surface area contributed by atoms with Gasteiger partial charge in [0.05, 0.1) is 19.1 Å². The lowest BCUT2D eigenvalue weighted by atomic mass is 9.68. The first-order valence-electron chi connectivity index (χ1n) is 7.94. The number of methoxy groups -OCH3 is 1. The smallest absolute Gasteiger partial charge is 0.306 e. The SMILES string of the molecule is CC[C@]1(C)C[C@]2(CCCN(CCC(=O)OC)C2)CCO1. The van der Waals surface area contributed by atoms with Gasteiger partial charge in [-0.2, -0.15) is 0 Å². The van der Waals surface area contributed by atoms with Gasteiger partial charge in [-0.1, -0.05) is 6.92 Å². The maximum atomic E-state index is 11.3. The van der Waals surface area contributed by atoms with Gasteiger partial charge in [-0.05, 0) is 51.0 Å². The van der Waals surface area contributed by atoms with Crippen LogP contribution in [0.1, 0.15) is 52.4 Å². The molecular formula is C16H29NO3. The van der Waals surface area contributed by atoms with Gasteiger partial charge in [-0.3, -0.25) is 4.79 Å². The predicted octanol–water partition coefficient (Wildman–Crippen LogP) is 2.61. The summed E-state index contributed by atoms with van der Waals surface area (Å²) in [5, 5.41) is 0. The lowest BCUT2D eigenvalue weighted by Crippen LogP contribution is -2.51. The van der Waals surface area contributed by atoms with Crippen molar-refractivity contribution in [2.45, 2.75) is 58.0 Å². The molecule has 0 radical (unpaired) electrons. The summed E-state index contributed by atoms with van der Waals surface area (Å²) in [6.07, 6.45) is 6.45. The largest absolute Gasteiger partial charge is 0.469 e. The average molecular weight is 283 g/mol. The molecule has 2 saturated heterocycles. The van der Waals surface area contributed by atoms with Gasteiger partial charge < -0.3 is 14.4 Å². The van der Waals surface area contributed by atoms with E-state index in [1.54, 1.807) is 0 Å². The third-order valence-electron chi connectivity index (χ3n) is 5.18. The molecule has 0 N–H and O–H groups in total. The molecule has 0 bridgehead atoms. The van der Waals surface area contributed by atoms with Gasteiger partial charge in [0, 0.05) is 19.7 Å². The van der Waals surface area contributed by atoms with Gasteiger partial charge >= 0.3 is 5.97 Å². The number of carbonyl (C=O) groups excluding carboxylic acids is 1. The van der Waals surface area contributed by atoms with Crippen LogP contribution in [0.15, 0.2) is 0 Å². The number of nitrogens with zero attached hydrogens (tertiary/aromatic N) is 1. The Hall–Kier alpha value is -0.610. The van der Waals surface area contributed by atoms with Crippen LogP contribution in [0, 0.1) is 5.41 Å². The third kappa shape index (κ3) is 3.73. The van der Waals surface area contributed by atoms with Crippen molar-refractivity contribution in [3.63, 3.8) is 0 Å². The van der Waals surface area contributed by atoms with Crippen LogP contribution in [0.2, 0.25) is 0 Å². The molecule has 0 aliphatic carbocycles. The molecule has 0 unspecified atom stereocenters. The molecule has 0 saturated carbocycles. The number of ether oxygens (including phenoxy) is 2. The third-order valence-corrected chi connectivity index (χ3v) is 5.18. The molecule has 4 nitrogen and oxygen atoms in total. The van der Waals surface area contributed by atoms with E-state index in [0.717, 1.165) is 45.5 Å². The van der Waals surface area contributed by atoms with E-state index in [2.05, 4.69) is 18.7 Å². The van der Waals surface area contributed by atoms with Crippen molar-refractivity contribution in [2.75, 3.05) is 33.4 Å². The molecule has 4 heteroatoms. The molecule has 2 fully saturated rings. The topological polar surface area (TPSA) is 38.8 Å². The Balaban J connectivity index is 1.93. The zero-order valence-corrected chi connectivity index (χ0v) is 13.2. The molecule has 0 aromatic heterocycles. The lowest BCUT2D eigenvalue weighted by Gasteiger charge is -2.50. The van der Waals surface area contributed by atoms with Crippen LogP contribution in [0.5, 0.6) is 0 Å². The maximum absolute atomic E-state index is 11.3. The number of piperidine rings is 1. The minimum atomic E-state index is -0.102. The molecule has 2 aliphatic rings. The second-order valence-corrected chi connectivity index (χ2v) is 6.78. The summed E-state index contributed by atoms with van der Waals surface area (Å²) in [6, 6.07) is 0. The van der Waals surface area contributed by atoms with Crippen molar-refractivity contribution in [3.05, 3.63) is 0 Å². The van der Waals surface area contributed by atoms with E-state index in [4.69, 9.17) is 9.47 Å². The fourth-order valence-corrected chi connectivity index (χ4v) is 3.87. The van der Waals surface area contributed by atoms with Crippen LogP contribution in [-0.4, -0.2) is 49.8 Å². The van der Waals surface area contributed by atoms with E-state index in [9.17, 15) is 4.79 Å². The van der Waals surface area contributed by atoms with Gasteiger partial charge in [0.2, 0.25) is 0 Å². The highest BCUT2D eigenvalue weighted by Gasteiger charge is 2.44. The van der Waals surface area contributed by atoms with Gasteiger partial charge in [0.15, 0.2) is 0 Å². The molecule has 20 heavy (non-hydrogen) atoms. The van der Waals surface area contributed by atoms with Gasteiger partial charge in [-0.15, -0.1) is 0 Å². The molecular weight excluding hydrogens is 254 g/mol. The first kappa shape index (κ1) is 15.8. The monoisotopic (exact) mass is 283 g/mol. The van der Waals surface area contributed by atoms with Gasteiger partial charge in [-0.25, -0.2) is 0 Å². The summed E-state index contributed by atoms with van der Waals surface area (Å²) < 4.78 is 10.7. The normalized spacial score (nSPS) is 35.1. The molecule has 0 aromatic carbocycles. The zero-order chi connectivity index (χ0) is 14.6. The van der Waals surface area contributed by atoms with Crippen LogP contribution in [-0.2, 0) is 14.3 Å². The number of rotatable bonds is 4. The number of likely N-dealkylation sites (tertiary alicyclic amines) is 1. The second kappa shape index (κ2) is 6.44. The van der Waals surface area contributed by atoms with E-state index in [-0.39, 0.29) is 11.6 Å². The van der Waals surface area contributed by atoms with Crippen LogP contribution in [0.4, 0.5) is 0 Å². The van der Waals surface area contributed by atoms with E-state index in [1.165, 1.54) is 20.0 Å². The highest BCUT2D eigenvalue weighted by Crippen LogP contribution is 2.46. The molecule has 2 aliphatic heterocycles. The summed E-state index contributed by atoms with van der Waals surface area (Å²) in [5.74, 6) is -0.102. The Morgan fingerprint density at radius 3 is 2.90 bits per heavy atom. The van der Waals surface area contributed by atoms with Crippen molar-refractivity contribution in [2.24, 2.45) is 5.41 Å². The molecule has 2 rings (SSSR count). The predicted molar refractivity (Wildman–Crippen MR) is 78.6 cm³/mol.